The molecule has 0 unspecified atom stereocenters. The first kappa shape index (κ1) is 12.5. The van der Waals surface area contributed by atoms with Crippen LogP contribution in [0.4, 0.5) is 0 Å². The molecule has 2 heteroatoms. The Morgan fingerprint density at radius 1 is 1.24 bits per heavy atom. The Hall–Kier alpha value is -2.53. The maximum absolute atomic E-state index is 9.40. The van der Waals surface area contributed by atoms with Crippen LogP contribution in [0.5, 0.6) is 0 Å². The van der Waals surface area contributed by atoms with Crippen molar-refractivity contribution >= 4 is 6.08 Å². The first-order valence-electron chi connectivity index (χ1n) is 5.13. The fourth-order valence-electron chi connectivity index (χ4n) is 1.20. The SMILES string of the molecule is C=CC=CC(C=Cc1ccccc1)=C(O)C#N. The highest BCUT2D eigenvalue weighted by atomic mass is 16.3. The Morgan fingerprint density at radius 3 is 2.53 bits per heavy atom. The molecule has 0 aliphatic rings. The number of nitriles is 1. The van der Waals surface area contributed by atoms with Crippen LogP contribution < -0.4 is 0 Å². The molecule has 0 saturated heterocycles. The number of rotatable bonds is 4. The van der Waals surface area contributed by atoms with Gasteiger partial charge in [0.05, 0.1) is 0 Å². The lowest BCUT2D eigenvalue weighted by atomic mass is 10.1. The van der Waals surface area contributed by atoms with E-state index in [9.17, 15) is 5.11 Å². The number of nitrogens with zero attached hydrogens (tertiary/aromatic N) is 1. The predicted octanol–water partition coefficient (Wildman–Crippen LogP) is 3.78. The van der Waals surface area contributed by atoms with E-state index >= 15 is 0 Å². The van der Waals surface area contributed by atoms with E-state index in [4.69, 9.17) is 5.26 Å². The molecule has 1 rings (SSSR count). The number of hydrogen-bond donors (Lipinski definition) is 1. The third-order valence-corrected chi connectivity index (χ3v) is 2.05. The molecule has 1 aromatic carbocycles. The summed E-state index contributed by atoms with van der Waals surface area (Å²) in [6.07, 6.45) is 8.40. The Bertz CT molecular complexity index is 501. The topological polar surface area (TPSA) is 44.0 Å². The van der Waals surface area contributed by atoms with Gasteiger partial charge in [-0.3, -0.25) is 0 Å². The van der Waals surface area contributed by atoms with Gasteiger partial charge in [0.15, 0.2) is 0 Å². The molecule has 0 amide bonds. The Morgan fingerprint density at radius 2 is 1.94 bits per heavy atom. The highest BCUT2D eigenvalue weighted by Crippen LogP contribution is 2.09. The van der Waals surface area contributed by atoms with Crippen molar-refractivity contribution in [1.29, 1.82) is 5.26 Å². The van der Waals surface area contributed by atoms with Crippen molar-refractivity contribution in [2.24, 2.45) is 0 Å². The van der Waals surface area contributed by atoms with E-state index in [0.29, 0.717) is 5.57 Å². The van der Waals surface area contributed by atoms with Crippen molar-refractivity contribution in [3.05, 3.63) is 78.1 Å². The molecule has 0 heterocycles. The molecular formula is C15H13NO. The third-order valence-electron chi connectivity index (χ3n) is 2.05. The monoisotopic (exact) mass is 223 g/mol. The number of allylic oxidation sites excluding steroid dienone is 6. The number of hydrogen-bond acceptors (Lipinski definition) is 2. The summed E-state index contributed by atoms with van der Waals surface area (Å²) in [5.74, 6) is -0.310. The summed E-state index contributed by atoms with van der Waals surface area (Å²) in [6.45, 7) is 3.54. The maximum atomic E-state index is 9.40. The van der Waals surface area contributed by atoms with Crippen molar-refractivity contribution in [2.75, 3.05) is 0 Å². The van der Waals surface area contributed by atoms with Crippen LogP contribution in [-0.4, -0.2) is 5.11 Å². The van der Waals surface area contributed by atoms with Gasteiger partial charge in [0.2, 0.25) is 5.76 Å². The second-order valence-corrected chi connectivity index (χ2v) is 3.25. The van der Waals surface area contributed by atoms with Crippen LogP contribution in [0.25, 0.3) is 6.08 Å². The number of aliphatic hydroxyl groups excluding tert-OH is 1. The van der Waals surface area contributed by atoms with Gasteiger partial charge in [0, 0.05) is 5.57 Å². The zero-order valence-corrected chi connectivity index (χ0v) is 9.38. The van der Waals surface area contributed by atoms with E-state index in [1.165, 1.54) is 0 Å². The highest BCUT2D eigenvalue weighted by molar-refractivity contribution is 5.56. The molecule has 0 aliphatic carbocycles. The third kappa shape index (κ3) is 4.23. The number of aliphatic hydroxyl groups is 1. The molecule has 1 aromatic rings. The van der Waals surface area contributed by atoms with Gasteiger partial charge in [0.1, 0.15) is 6.07 Å². The van der Waals surface area contributed by atoms with Gasteiger partial charge in [-0.1, -0.05) is 61.2 Å². The van der Waals surface area contributed by atoms with Gasteiger partial charge >= 0.3 is 0 Å². The van der Waals surface area contributed by atoms with E-state index in [0.717, 1.165) is 5.56 Å². The first-order chi connectivity index (χ1) is 8.27. The van der Waals surface area contributed by atoms with Crippen LogP contribution in [0.3, 0.4) is 0 Å². The zero-order valence-electron chi connectivity index (χ0n) is 9.38. The van der Waals surface area contributed by atoms with Crippen molar-refractivity contribution in [2.45, 2.75) is 0 Å². The summed E-state index contributed by atoms with van der Waals surface area (Å²) >= 11 is 0. The van der Waals surface area contributed by atoms with Crippen LogP contribution in [0.2, 0.25) is 0 Å². The summed E-state index contributed by atoms with van der Waals surface area (Å²) in [7, 11) is 0. The van der Waals surface area contributed by atoms with E-state index < -0.39 is 0 Å². The zero-order chi connectivity index (χ0) is 12.5. The van der Waals surface area contributed by atoms with E-state index in [1.54, 1.807) is 30.4 Å². The molecule has 0 saturated carbocycles. The average Bonchev–Trinajstić information content (AvgIpc) is 2.39. The van der Waals surface area contributed by atoms with Crippen LogP contribution in [0.1, 0.15) is 5.56 Å². The van der Waals surface area contributed by atoms with Crippen molar-refractivity contribution < 1.29 is 5.11 Å². The molecule has 0 radical (unpaired) electrons. The molecule has 0 aromatic heterocycles. The van der Waals surface area contributed by atoms with E-state index in [-0.39, 0.29) is 5.76 Å². The number of benzene rings is 1. The minimum Gasteiger partial charge on any atom is -0.499 e. The molecule has 0 spiro atoms. The molecule has 84 valence electrons. The Balaban J connectivity index is 2.96. The van der Waals surface area contributed by atoms with Gasteiger partial charge in [-0.2, -0.15) is 5.26 Å². The molecule has 2 nitrogen and oxygen atoms in total. The lowest BCUT2D eigenvalue weighted by Crippen LogP contribution is -1.82. The van der Waals surface area contributed by atoms with Crippen LogP contribution >= 0.6 is 0 Å². The largest absolute Gasteiger partial charge is 0.499 e. The fourth-order valence-corrected chi connectivity index (χ4v) is 1.20. The predicted molar refractivity (Wildman–Crippen MR) is 70.1 cm³/mol. The summed E-state index contributed by atoms with van der Waals surface area (Å²) in [5, 5.41) is 18.1. The van der Waals surface area contributed by atoms with Gasteiger partial charge in [-0.25, -0.2) is 0 Å². The summed E-state index contributed by atoms with van der Waals surface area (Å²) in [5.41, 5.74) is 1.46. The second-order valence-electron chi connectivity index (χ2n) is 3.25. The molecule has 0 fully saturated rings. The van der Waals surface area contributed by atoms with E-state index in [1.807, 2.05) is 36.4 Å². The molecule has 17 heavy (non-hydrogen) atoms. The summed E-state index contributed by atoms with van der Waals surface area (Å²) in [4.78, 5) is 0. The molecule has 0 aliphatic heterocycles. The standard InChI is InChI=1S/C15H13NO/c1-2-3-9-14(15(17)12-16)11-10-13-7-5-4-6-8-13/h2-11,17H,1H2. The second kappa shape index (κ2) is 6.86. The minimum atomic E-state index is -0.310. The molecular weight excluding hydrogens is 210 g/mol. The van der Waals surface area contributed by atoms with Crippen LogP contribution in [0, 0.1) is 11.3 Å². The van der Waals surface area contributed by atoms with Gasteiger partial charge in [-0.05, 0) is 11.6 Å². The van der Waals surface area contributed by atoms with Crippen molar-refractivity contribution in [1.82, 2.24) is 0 Å². The van der Waals surface area contributed by atoms with E-state index in [2.05, 4.69) is 6.58 Å². The lowest BCUT2D eigenvalue weighted by Gasteiger charge is -1.95. The van der Waals surface area contributed by atoms with Gasteiger partial charge in [0.25, 0.3) is 0 Å². The van der Waals surface area contributed by atoms with Crippen molar-refractivity contribution in [3.63, 3.8) is 0 Å². The molecule has 1 N–H and O–H groups in total. The Labute approximate surface area is 101 Å². The highest BCUT2D eigenvalue weighted by Gasteiger charge is 1.96. The smallest absolute Gasteiger partial charge is 0.201 e. The fraction of sp³-hybridized carbons (Fsp3) is 0. The summed E-state index contributed by atoms with van der Waals surface area (Å²) < 4.78 is 0. The maximum Gasteiger partial charge on any atom is 0.201 e. The molecule has 0 atom stereocenters. The average molecular weight is 223 g/mol. The first-order valence-corrected chi connectivity index (χ1v) is 5.13. The quantitative estimate of drug-likeness (QED) is 0.365. The lowest BCUT2D eigenvalue weighted by molar-refractivity contribution is 0.433. The Kier molecular flexibility index (Phi) is 5.06. The van der Waals surface area contributed by atoms with Gasteiger partial charge in [-0.15, -0.1) is 0 Å². The van der Waals surface area contributed by atoms with Crippen LogP contribution in [0.15, 0.2) is 72.5 Å². The van der Waals surface area contributed by atoms with Gasteiger partial charge < -0.3 is 5.11 Å². The normalized spacial score (nSPS) is 12.4. The van der Waals surface area contributed by atoms with Crippen molar-refractivity contribution in [3.8, 4) is 6.07 Å². The summed E-state index contributed by atoms with van der Waals surface area (Å²) in [6, 6.07) is 11.4. The van der Waals surface area contributed by atoms with Crippen LogP contribution in [-0.2, 0) is 0 Å². The molecule has 0 bridgehead atoms. The minimum absolute atomic E-state index is 0.310.